The standard InChI is InChI=1S/C11H13IO/c1-11(2,3)9-5-4-8(7-13)10(12)6-9/h4-7H,1-3H3. The molecular formula is C11H13IO. The number of aldehydes is 1. The maximum atomic E-state index is 10.6. The second kappa shape index (κ2) is 3.78. The van der Waals surface area contributed by atoms with Crippen LogP contribution in [0.4, 0.5) is 0 Å². The van der Waals surface area contributed by atoms with Gasteiger partial charge in [-0.2, -0.15) is 0 Å². The van der Waals surface area contributed by atoms with Crippen LogP contribution >= 0.6 is 22.6 Å². The molecule has 0 amide bonds. The third-order valence-corrected chi connectivity index (χ3v) is 2.93. The van der Waals surface area contributed by atoms with Gasteiger partial charge >= 0.3 is 0 Å². The number of benzene rings is 1. The van der Waals surface area contributed by atoms with E-state index in [0.29, 0.717) is 0 Å². The van der Waals surface area contributed by atoms with Crippen LogP contribution in [-0.2, 0) is 5.41 Å². The number of carbonyl (C=O) groups excluding carboxylic acids is 1. The van der Waals surface area contributed by atoms with Crippen LogP contribution in [0.25, 0.3) is 0 Å². The van der Waals surface area contributed by atoms with Crippen LogP contribution in [0, 0.1) is 3.57 Å². The van der Waals surface area contributed by atoms with Crippen LogP contribution in [0.1, 0.15) is 36.7 Å². The fraction of sp³-hybridized carbons (Fsp3) is 0.364. The zero-order valence-electron chi connectivity index (χ0n) is 8.10. The summed E-state index contributed by atoms with van der Waals surface area (Å²) >= 11 is 2.19. The van der Waals surface area contributed by atoms with Gasteiger partial charge < -0.3 is 0 Å². The minimum Gasteiger partial charge on any atom is -0.298 e. The Morgan fingerprint density at radius 1 is 1.31 bits per heavy atom. The fourth-order valence-corrected chi connectivity index (χ4v) is 1.73. The minimum absolute atomic E-state index is 0.154. The molecule has 1 nitrogen and oxygen atoms in total. The number of carbonyl (C=O) groups is 1. The first kappa shape index (κ1) is 10.7. The molecule has 2 heteroatoms. The molecule has 0 aromatic heterocycles. The lowest BCUT2D eigenvalue weighted by atomic mass is 9.87. The Labute approximate surface area is 92.7 Å². The lowest BCUT2D eigenvalue weighted by Gasteiger charge is -2.19. The molecule has 0 saturated carbocycles. The molecular weight excluding hydrogens is 275 g/mol. The van der Waals surface area contributed by atoms with Crippen molar-refractivity contribution in [3.05, 3.63) is 32.9 Å². The SMILES string of the molecule is CC(C)(C)c1ccc(C=O)c(I)c1. The van der Waals surface area contributed by atoms with Gasteiger partial charge in [0.2, 0.25) is 0 Å². The van der Waals surface area contributed by atoms with Crippen LogP contribution in [-0.4, -0.2) is 6.29 Å². The molecule has 13 heavy (non-hydrogen) atoms. The second-order valence-electron chi connectivity index (χ2n) is 4.10. The van der Waals surface area contributed by atoms with Crippen LogP contribution in [0.5, 0.6) is 0 Å². The zero-order valence-corrected chi connectivity index (χ0v) is 10.3. The van der Waals surface area contributed by atoms with E-state index in [1.807, 2.05) is 12.1 Å². The highest BCUT2D eigenvalue weighted by atomic mass is 127. The predicted octanol–water partition coefficient (Wildman–Crippen LogP) is 3.40. The van der Waals surface area contributed by atoms with Crippen molar-refractivity contribution in [2.24, 2.45) is 0 Å². The van der Waals surface area contributed by atoms with Crippen molar-refractivity contribution < 1.29 is 4.79 Å². The highest BCUT2D eigenvalue weighted by Crippen LogP contribution is 2.24. The molecule has 70 valence electrons. The maximum Gasteiger partial charge on any atom is 0.151 e. The maximum absolute atomic E-state index is 10.6. The molecule has 0 aliphatic rings. The summed E-state index contributed by atoms with van der Waals surface area (Å²) in [5.74, 6) is 0. The normalized spacial score (nSPS) is 11.4. The second-order valence-corrected chi connectivity index (χ2v) is 5.27. The Balaban J connectivity index is 3.17. The molecule has 0 aliphatic heterocycles. The molecule has 0 atom stereocenters. The van der Waals surface area contributed by atoms with Gasteiger partial charge in [-0.3, -0.25) is 4.79 Å². The molecule has 0 aliphatic carbocycles. The van der Waals surface area contributed by atoms with E-state index in [1.54, 1.807) is 0 Å². The van der Waals surface area contributed by atoms with Crippen molar-refractivity contribution >= 4 is 28.9 Å². The Hall–Kier alpha value is -0.380. The Kier molecular flexibility index (Phi) is 3.11. The average Bonchev–Trinajstić information content (AvgIpc) is 2.02. The topological polar surface area (TPSA) is 17.1 Å². The fourth-order valence-electron chi connectivity index (χ4n) is 1.09. The zero-order chi connectivity index (χ0) is 10.1. The van der Waals surface area contributed by atoms with Gasteiger partial charge in [0.15, 0.2) is 6.29 Å². The van der Waals surface area contributed by atoms with Crippen molar-refractivity contribution in [3.8, 4) is 0 Å². The van der Waals surface area contributed by atoms with Crippen molar-refractivity contribution in [1.29, 1.82) is 0 Å². The molecule has 0 bridgehead atoms. The molecule has 0 radical (unpaired) electrons. The van der Waals surface area contributed by atoms with E-state index in [4.69, 9.17) is 0 Å². The highest BCUT2D eigenvalue weighted by molar-refractivity contribution is 14.1. The summed E-state index contributed by atoms with van der Waals surface area (Å²) in [6.07, 6.45) is 0.897. The first-order chi connectivity index (χ1) is 5.95. The summed E-state index contributed by atoms with van der Waals surface area (Å²) in [5.41, 5.74) is 2.19. The van der Waals surface area contributed by atoms with Crippen molar-refractivity contribution in [2.45, 2.75) is 26.2 Å². The molecule has 0 N–H and O–H groups in total. The smallest absolute Gasteiger partial charge is 0.151 e. The molecule has 0 heterocycles. The van der Waals surface area contributed by atoms with Crippen LogP contribution in [0.15, 0.2) is 18.2 Å². The van der Waals surface area contributed by atoms with Gasteiger partial charge in [0.05, 0.1) is 0 Å². The monoisotopic (exact) mass is 288 g/mol. The van der Waals surface area contributed by atoms with E-state index in [0.717, 1.165) is 15.4 Å². The molecule has 0 unspecified atom stereocenters. The number of halogens is 1. The van der Waals surface area contributed by atoms with Gasteiger partial charge in [-0.25, -0.2) is 0 Å². The van der Waals surface area contributed by atoms with E-state index in [9.17, 15) is 4.79 Å². The summed E-state index contributed by atoms with van der Waals surface area (Å²) < 4.78 is 1.03. The van der Waals surface area contributed by atoms with Gasteiger partial charge in [-0.1, -0.05) is 32.9 Å². The minimum atomic E-state index is 0.154. The van der Waals surface area contributed by atoms with Crippen LogP contribution in [0.2, 0.25) is 0 Å². The highest BCUT2D eigenvalue weighted by Gasteiger charge is 2.14. The number of rotatable bonds is 1. The molecule has 0 saturated heterocycles. The molecule has 0 fully saturated rings. The summed E-state index contributed by atoms with van der Waals surface area (Å²) in [7, 11) is 0. The first-order valence-corrected chi connectivity index (χ1v) is 5.28. The van der Waals surface area contributed by atoms with E-state index >= 15 is 0 Å². The number of hydrogen-bond acceptors (Lipinski definition) is 1. The van der Waals surface area contributed by atoms with Crippen molar-refractivity contribution in [2.75, 3.05) is 0 Å². The van der Waals surface area contributed by atoms with Gasteiger partial charge in [-0.05, 0) is 39.6 Å². The molecule has 1 rings (SSSR count). The van der Waals surface area contributed by atoms with E-state index in [2.05, 4.69) is 49.4 Å². The van der Waals surface area contributed by atoms with Gasteiger partial charge in [0, 0.05) is 9.13 Å². The molecule has 1 aromatic rings. The van der Waals surface area contributed by atoms with Crippen LogP contribution in [0.3, 0.4) is 0 Å². The number of hydrogen-bond donors (Lipinski definition) is 0. The van der Waals surface area contributed by atoms with Crippen molar-refractivity contribution in [1.82, 2.24) is 0 Å². The van der Waals surface area contributed by atoms with Gasteiger partial charge in [-0.15, -0.1) is 0 Å². The third kappa shape index (κ3) is 2.53. The Morgan fingerprint density at radius 3 is 2.31 bits per heavy atom. The van der Waals surface area contributed by atoms with E-state index in [1.165, 1.54) is 5.56 Å². The van der Waals surface area contributed by atoms with E-state index in [-0.39, 0.29) is 5.41 Å². The average molecular weight is 288 g/mol. The quantitative estimate of drug-likeness (QED) is 0.572. The predicted molar refractivity (Wildman–Crippen MR) is 63.2 cm³/mol. The first-order valence-electron chi connectivity index (χ1n) is 4.20. The largest absolute Gasteiger partial charge is 0.298 e. The van der Waals surface area contributed by atoms with E-state index < -0.39 is 0 Å². The summed E-state index contributed by atoms with van der Waals surface area (Å²) in [6, 6.07) is 5.98. The molecule has 1 aromatic carbocycles. The Bertz CT molecular complexity index is 323. The molecule has 0 spiro atoms. The summed E-state index contributed by atoms with van der Waals surface area (Å²) in [6.45, 7) is 6.50. The lowest BCUT2D eigenvalue weighted by Crippen LogP contribution is -2.11. The Morgan fingerprint density at radius 2 is 1.92 bits per heavy atom. The summed E-state index contributed by atoms with van der Waals surface area (Å²) in [5, 5.41) is 0. The van der Waals surface area contributed by atoms with Crippen molar-refractivity contribution in [3.63, 3.8) is 0 Å². The lowest BCUT2D eigenvalue weighted by molar-refractivity contribution is 0.112. The third-order valence-electron chi connectivity index (χ3n) is 1.99. The van der Waals surface area contributed by atoms with Crippen LogP contribution < -0.4 is 0 Å². The summed E-state index contributed by atoms with van der Waals surface area (Å²) in [4.78, 5) is 10.6. The van der Waals surface area contributed by atoms with Gasteiger partial charge in [0.1, 0.15) is 0 Å². The van der Waals surface area contributed by atoms with Gasteiger partial charge in [0.25, 0.3) is 0 Å².